The SMILES string of the molecule is COc1ccc(COC[C@H](O)CC#CCC[C@H]2O[C@@H]3COC(c4ccc(OC)cc4)O[C@H]3[C@@H](OCc3ccccc3)[C@@H]2O)cc1. The van der Waals surface area contributed by atoms with Crippen LogP contribution in [0.4, 0.5) is 0 Å². The highest BCUT2D eigenvalue weighted by molar-refractivity contribution is 5.28. The van der Waals surface area contributed by atoms with E-state index >= 15 is 0 Å². The number of aliphatic hydroxyl groups is 2. The molecule has 5 rings (SSSR count). The Morgan fingerprint density at radius 2 is 1.53 bits per heavy atom. The molecule has 2 heterocycles. The molecule has 0 bridgehead atoms. The summed E-state index contributed by atoms with van der Waals surface area (Å²) in [7, 11) is 3.25. The van der Waals surface area contributed by atoms with E-state index in [4.69, 9.17) is 33.2 Å². The summed E-state index contributed by atoms with van der Waals surface area (Å²) in [6.07, 6.45) is -3.05. The summed E-state index contributed by atoms with van der Waals surface area (Å²) in [6.45, 7) is 1.21. The maximum Gasteiger partial charge on any atom is 0.184 e. The maximum atomic E-state index is 11.4. The molecule has 2 fully saturated rings. The average molecular weight is 619 g/mol. The molecule has 0 aliphatic carbocycles. The molecule has 7 atom stereocenters. The van der Waals surface area contributed by atoms with E-state index in [0.29, 0.717) is 39.1 Å². The van der Waals surface area contributed by atoms with Crippen LogP contribution in [0.2, 0.25) is 0 Å². The summed E-state index contributed by atoms with van der Waals surface area (Å²) in [5.41, 5.74) is 2.84. The molecule has 240 valence electrons. The largest absolute Gasteiger partial charge is 0.497 e. The second-order valence-electron chi connectivity index (χ2n) is 11.1. The summed E-state index contributed by atoms with van der Waals surface area (Å²) < 4.78 is 41.1. The number of hydrogen-bond acceptors (Lipinski definition) is 9. The van der Waals surface area contributed by atoms with E-state index in [0.717, 1.165) is 28.2 Å². The molecule has 0 aromatic heterocycles. The molecule has 1 unspecified atom stereocenters. The first-order valence-corrected chi connectivity index (χ1v) is 15.3. The van der Waals surface area contributed by atoms with E-state index in [-0.39, 0.29) is 6.61 Å². The van der Waals surface area contributed by atoms with E-state index < -0.39 is 42.9 Å². The van der Waals surface area contributed by atoms with Gasteiger partial charge in [0, 0.05) is 18.4 Å². The van der Waals surface area contributed by atoms with Crippen molar-refractivity contribution in [2.24, 2.45) is 0 Å². The standard InChI is InChI=1S/C36H42O9/c1-39-29-17-13-26(14-18-29)21-41-23-28(37)11-7-4-8-12-31-33(38)35(42-22-25-9-5-3-6-10-25)34-32(44-31)24-43-36(45-34)27-15-19-30(40-2)20-16-27/h3,5-6,9-10,13-20,28,31-38H,8,11-12,21-24H2,1-2H3/t28-,31-,32-,33-,34-,35+,36?/m1/s1. The van der Waals surface area contributed by atoms with Gasteiger partial charge in [-0.1, -0.05) is 54.6 Å². The first kappa shape index (κ1) is 32.9. The monoisotopic (exact) mass is 618 g/mol. The number of rotatable bonds is 13. The topological polar surface area (TPSA) is 105 Å². The Labute approximate surface area is 264 Å². The van der Waals surface area contributed by atoms with Gasteiger partial charge in [-0.15, -0.1) is 11.8 Å². The minimum absolute atomic E-state index is 0.187. The molecule has 3 aromatic carbocycles. The Hall–Kier alpha value is -3.46. The van der Waals surface area contributed by atoms with Crippen LogP contribution in [0.1, 0.15) is 42.2 Å². The van der Waals surface area contributed by atoms with Gasteiger partial charge in [-0.3, -0.25) is 0 Å². The maximum absolute atomic E-state index is 11.4. The van der Waals surface area contributed by atoms with E-state index in [1.54, 1.807) is 14.2 Å². The molecule has 0 spiro atoms. The number of methoxy groups -OCH3 is 2. The van der Waals surface area contributed by atoms with Crippen molar-refractivity contribution in [2.75, 3.05) is 27.4 Å². The van der Waals surface area contributed by atoms with Crippen molar-refractivity contribution in [3.63, 3.8) is 0 Å². The predicted molar refractivity (Wildman–Crippen MR) is 167 cm³/mol. The summed E-state index contributed by atoms with van der Waals surface area (Å²) in [5.74, 6) is 7.66. The van der Waals surface area contributed by atoms with Gasteiger partial charge in [-0.25, -0.2) is 0 Å². The zero-order valence-corrected chi connectivity index (χ0v) is 25.7. The zero-order chi connectivity index (χ0) is 31.4. The van der Waals surface area contributed by atoms with Crippen molar-refractivity contribution in [3.8, 4) is 23.3 Å². The summed E-state index contributed by atoms with van der Waals surface area (Å²) >= 11 is 0. The highest BCUT2D eigenvalue weighted by Crippen LogP contribution is 2.37. The van der Waals surface area contributed by atoms with Crippen LogP contribution >= 0.6 is 0 Å². The highest BCUT2D eigenvalue weighted by atomic mass is 16.7. The Balaban J connectivity index is 1.13. The van der Waals surface area contributed by atoms with E-state index in [2.05, 4.69) is 11.8 Å². The molecule has 2 aliphatic heterocycles. The minimum Gasteiger partial charge on any atom is -0.497 e. The number of aliphatic hydroxyl groups excluding tert-OH is 2. The molecule has 9 heteroatoms. The Kier molecular flexibility index (Phi) is 12.2. The number of ether oxygens (including phenoxy) is 7. The molecule has 3 aromatic rings. The third kappa shape index (κ3) is 9.28. The molecule has 0 amide bonds. The fraction of sp³-hybridized carbons (Fsp3) is 0.444. The first-order chi connectivity index (χ1) is 22.0. The van der Waals surface area contributed by atoms with Crippen molar-refractivity contribution < 1.29 is 43.4 Å². The van der Waals surface area contributed by atoms with Gasteiger partial charge in [0.2, 0.25) is 0 Å². The Morgan fingerprint density at radius 3 is 2.24 bits per heavy atom. The van der Waals surface area contributed by atoms with Crippen LogP contribution in [0.5, 0.6) is 11.5 Å². The molecule has 2 aliphatic rings. The van der Waals surface area contributed by atoms with Crippen LogP contribution in [-0.2, 0) is 36.9 Å². The quantitative estimate of drug-likeness (QED) is 0.266. The van der Waals surface area contributed by atoms with Crippen molar-refractivity contribution in [1.82, 2.24) is 0 Å². The summed E-state index contributed by atoms with van der Waals surface area (Å²) in [6, 6.07) is 25.0. The Bertz CT molecular complexity index is 1350. The Morgan fingerprint density at radius 1 is 0.844 bits per heavy atom. The lowest BCUT2D eigenvalue weighted by Crippen LogP contribution is -2.62. The second kappa shape index (κ2) is 16.7. The average Bonchev–Trinajstić information content (AvgIpc) is 3.08. The van der Waals surface area contributed by atoms with Crippen LogP contribution < -0.4 is 9.47 Å². The van der Waals surface area contributed by atoms with Gasteiger partial charge in [0.15, 0.2) is 6.29 Å². The van der Waals surface area contributed by atoms with Gasteiger partial charge in [0.05, 0.1) is 52.9 Å². The smallest absolute Gasteiger partial charge is 0.184 e. The van der Waals surface area contributed by atoms with Crippen LogP contribution in [0.25, 0.3) is 0 Å². The zero-order valence-electron chi connectivity index (χ0n) is 25.7. The van der Waals surface area contributed by atoms with Gasteiger partial charge in [-0.05, 0) is 41.8 Å². The van der Waals surface area contributed by atoms with E-state index in [1.807, 2.05) is 78.9 Å². The molecule has 2 saturated heterocycles. The van der Waals surface area contributed by atoms with Crippen molar-refractivity contribution in [1.29, 1.82) is 0 Å². The second-order valence-corrected chi connectivity index (χ2v) is 11.1. The highest BCUT2D eigenvalue weighted by Gasteiger charge is 2.49. The van der Waals surface area contributed by atoms with Crippen LogP contribution in [0.3, 0.4) is 0 Å². The summed E-state index contributed by atoms with van der Waals surface area (Å²) in [4.78, 5) is 0. The van der Waals surface area contributed by atoms with Gasteiger partial charge in [0.25, 0.3) is 0 Å². The summed E-state index contributed by atoms with van der Waals surface area (Å²) in [5, 5.41) is 21.7. The fourth-order valence-corrected chi connectivity index (χ4v) is 5.38. The number of fused-ring (bicyclic) bond motifs is 1. The molecule has 45 heavy (non-hydrogen) atoms. The molecule has 0 saturated carbocycles. The number of hydrogen-bond donors (Lipinski definition) is 2. The van der Waals surface area contributed by atoms with E-state index in [1.165, 1.54) is 0 Å². The molecule has 9 nitrogen and oxygen atoms in total. The minimum atomic E-state index is -0.927. The van der Waals surface area contributed by atoms with Gasteiger partial charge < -0.3 is 43.4 Å². The fourth-order valence-electron chi connectivity index (χ4n) is 5.38. The van der Waals surface area contributed by atoms with E-state index in [9.17, 15) is 10.2 Å². The first-order valence-electron chi connectivity index (χ1n) is 15.3. The third-order valence-electron chi connectivity index (χ3n) is 7.88. The lowest BCUT2D eigenvalue weighted by Gasteiger charge is -2.48. The molecule has 0 radical (unpaired) electrons. The lowest BCUT2D eigenvalue weighted by atomic mass is 9.91. The van der Waals surface area contributed by atoms with Gasteiger partial charge in [0.1, 0.15) is 35.9 Å². The van der Waals surface area contributed by atoms with Gasteiger partial charge in [-0.2, -0.15) is 0 Å². The van der Waals surface area contributed by atoms with Crippen molar-refractivity contribution >= 4 is 0 Å². The van der Waals surface area contributed by atoms with Crippen molar-refractivity contribution in [3.05, 3.63) is 95.6 Å². The number of benzene rings is 3. The lowest BCUT2D eigenvalue weighted by molar-refractivity contribution is -0.335. The third-order valence-corrected chi connectivity index (χ3v) is 7.88. The van der Waals surface area contributed by atoms with Gasteiger partial charge >= 0.3 is 0 Å². The van der Waals surface area contributed by atoms with Crippen LogP contribution in [0, 0.1) is 11.8 Å². The molecule has 2 N–H and O–H groups in total. The van der Waals surface area contributed by atoms with Crippen LogP contribution in [0.15, 0.2) is 78.9 Å². The molecular formula is C36H42O9. The van der Waals surface area contributed by atoms with Crippen LogP contribution in [-0.4, -0.2) is 74.3 Å². The normalized spacial score (nSPS) is 25.0. The van der Waals surface area contributed by atoms with Crippen molar-refractivity contribution in [2.45, 2.75) is 75.4 Å². The predicted octanol–water partition coefficient (Wildman–Crippen LogP) is 4.58. The molecular weight excluding hydrogens is 576 g/mol.